The van der Waals surface area contributed by atoms with Crippen LogP contribution < -0.4 is 10.2 Å². The van der Waals surface area contributed by atoms with Crippen molar-refractivity contribution in [2.45, 2.75) is 38.1 Å². The van der Waals surface area contributed by atoms with Crippen molar-refractivity contribution in [3.05, 3.63) is 71.8 Å². The van der Waals surface area contributed by atoms with Crippen LogP contribution in [0.15, 0.2) is 65.8 Å². The van der Waals surface area contributed by atoms with E-state index in [1.54, 1.807) is 11.8 Å². The molecule has 0 atom stereocenters. The summed E-state index contributed by atoms with van der Waals surface area (Å²) in [7, 11) is 2.07. The topological polar surface area (TPSA) is 58.1 Å². The fourth-order valence-electron chi connectivity index (χ4n) is 3.18. The molecule has 2 aromatic carbocycles. The van der Waals surface area contributed by atoms with Crippen LogP contribution in [0.3, 0.4) is 0 Å². The zero-order valence-electron chi connectivity index (χ0n) is 19.3. The number of anilines is 1. The number of thioether (sulfide) groups is 1. The molecule has 0 radical (unpaired) electrons. The van der Waals surface area contributed by atoms with Crippen molar-refractivity contribution in [2.24, 2.45) is 5.92 Å². The molecule has 168 valence electrons. The maximum Gasteiger partial charge on any atom is 0.251 e. The highest BCUT2D eigenvalue weighted by atomic mass is 32.2. The van der Waals surface area contributed by atoms with Crippen LogP contribution in [0.2, 0.25) is 0 Å². The van der Waals surface area contributed by atoms with Gasteiger partial charge in [0.05, 0.1) is 5.69 Å². The minimum atomic E-state index is -0.0274. The number of hydrogen-bond acceptors (Lipinski definition) is 5. The van der Waals surface area contributed by atoms with Gasteiger partial charge in [-0.25, -0.2) is 9.97 Å². The highest BCUT2D eigenvalue weighted by Gasteiger charge is 2.11. The minimum absolute atomic E-state index is 0.0274. The van der Waals surface area contributed by atoms with Gasteiger partial charge in [0.1, 0.15) is 5.82 Å². The van der Waals surface area contributed by atoms with Crippen molar-refractivity contribution >= 4 is 23.5 Å². The predicted octanol–water partition coefficient (Wildman–Crippen LogP) is 5.67. The maximum atomic E-state index is 12.2. The van der Waals surface area contributed by atoms with Crippen LogP contribution >= 0.6 is 11.8 Å². The van der Waals surface area contributed by atoms with Gasteiger partial charge in [0.15, 0.2) is 5.16 Å². The lowest BCUT2D eigenvalue weighted by atomic mass is 10.1. The Labute approximate surface area is 195 Å². The predicted molar refractivity (Wildman–Crippen MR) is 134 cm³/mol. The SMILES string of the molecule is CCCN(C)c1cc(-c2ccccc2)nc(SCc2ccc(C(=O)NCC(C)C)cc2)n1. The molecule has 0 aliphatic rings. The molecule has 1 amide bonds. The Kier molecular flexibility index (Phi) is 8.68. The molecular weight excluding hydrogens is 416 g/mol. The van der Waals surface area contributed by atoms with Gasteiger partial charge in [-0.1, -0.05) is 75.0 Å². The number of rotatable bonds is 10. The van der Waals surface area contributed by atoms with E-state index in [-0.39, 0.29) is 5.91 Å². The van der Waals surface area contributed by atoms with E-state index in [9.17, 15) is 4.79 Å². The minimum Gasteiger partial charge on any atom is -0.360 e. The Hall–Kier alpha value is -2.86. The number of aromatic nitrogens is 2. The summed E-state index contributed by atoms with van der Waals surface area (Å²) < 4.78 is 0. The second kappa shape index (κ2) is 11.7. The Morgan fingerprint density at radius 3 is 2.44 bits per heavy atom. The van der Waals surface area contributed by atoms with E-state index >= 15 is 0 Å². The number of amides is 1. The quantitative estimate of drug-likeness (QED) is 0.320. The molecule has 0 aliphatic heterocycles. The number of nitrogens with zero attached hydrogens (tertiary/aromatic N) is 3. The zero-order chi connectivity index (χ0) is 22.9. The van der Waals surface area contributed by atoms with Crippen LogP contribution in [-0.2, 0) is 5.75 Å². The lowest BCUT2D eigenvalue weighted by Crippen LogP contribution is -2.27. The molecule has 0 saturated carbocycles. The van der Waals surface area contributed by atoms with Crippen LogP contribution in [0.5, 0.6) is 0 Å². The molecule has 3 aromatic rings. The van der Waals surface area contributed by atoms with E-state index in [1.807, 2.05) is 42.5 Å². The van der Waals surface area contributed by atoms with Crippen LogP contribution in [0.4, 0.5) is 5.82 Å². The average molecular weight is 449 g/mol. The first-order valence-corrected chi connectivity index (χ1v) is 12.1. The second-order valence-electron chi connectivity index (χ2n) is 8.27. The first-order valence-electron chi connectivity index (χ1n) is 11.1. The molecule has 0 saturated heterocycles. The highest BCUT2D eigenvalue weighted by Crippen LogP contribution is 2.27. The summed E-state index contributed by atoms with van der Waals surface area (Å²) in [5, 5.41) is 3.71. The van der Waals surface area contributed by atoms with Crippen LogP contribution in [0.1, 0.15) is 43.1 Å². The van der Waals surface area contributed by atoms with Gasteiger partial charge >= 0.3 is 0 Å². The molecule has 32 heavy (non-hydrogen) atoms. The molecule has 1 N–H and O–H groups in total. The first-order chi connectivity index (χ1) is 15.5. The molecule has 3 rings (SSSR count). The summed E-state index contributed by atoms with van der Waals surface area (Å²) in [5.74, 6) is 2.08. The number of hydrogen-bond donors (Lipinski definition) is 1. The monoisotopic (exact) mass is 448 g/mol. The van der Waals surface area contributed by atoms with Crippen molar-refractivity contribution in [3.8, 4) is 11.3 Å². The molecule has 1 aromatic heterocycles. The third-order valence-corrected chi connectivity index (χ3v) is 5.89. The molecule has 0 fully saturated rings. The van der Waals surface area contributed by atoms with Gasteiger partial charge in [0, 0.05) is 43.1 Å². The van der Waals surface area contributed by atoms with Crippen LogP contribution in [0.25, 0.3) is 11.3 Å². The van der Waals surface area contributed by atoms with E-state index < -0.39 is 0 Å². The van der Waals surface area contributed by atoms with Crippen LogP contribution in [0, 0.1) is 5.92 Å². The molecular formula is C26H32N4OS. The lowest BCUT2D eigenvalue weighted by Gasteiger charge is -2.18. The third-order valence-electron chi connectivity index (χ3n) is 4.97. The number of nitrogens with one attached hydrogen (secondary N) is 1. The summed E-state index contributed by atoms with van der Waals surface area (Å²) in [5.41, 5.74) is 3.83. The van der Waals surface area contributed by atoms with Gasteiger partial charge in [-0.15, -0.1) is 0 Å². The standard InChI is InChI=1S/C26H32N4OS/c1-5-15-30(4)24-16-23(21-9-7-6-8-10-21)28-26(29-24)32-18-20-11-13-22(14-12-20)25(31)27-17-19(2)3/h6-14,16,19H,5,15,17-18H2,1-4H3,(H,27,31). The molecule has 5 nitrogen and oxygen atoms in total. The fourth-order valence-corrected chi connectivity index (χ4v) is 3.99. The molecule has 0 bridgehead atoms. The summed E-state index contributed by atoms with van der Waals surface area (Å²) in [6.07, 6.45) is 1.06. The summed E-state index contributed by atoms with van der Waals surface area (Å²) >= 11 is 1.61. The van der Waals surface area contributed by atoms with Crippen molar-refractivity contribution in [3.63, 3.8) is 0 Å². The zero-order valence-corrected chi connectivity index (χ0v) is 20.2. The number of carbonyl (C=O) groups excluding carboxylic acids is 1. The van der Waals surface area contributed by atoms with Gasteiger partial charge in [0.25, 0.3) is 5.91 Å². The first kappa shape index (κ1) is 23.8. The summed E-state index contributed by atoms with van der Waals surface area (Å²) in [4.78, 5) is 24.0. The molecule has 6 heteroatoms. The third kappa shape index (κ3) is 6.82. The van der Waals surface area contributed by atoms with E-state index in [2.05, 4.69) is 56.2 Å². The Bertz CT molecular complexity index is 1010. The van der Waals surface area contributed by atoms with Gasteiger partial charge < -0.3 is 10.2 Å². The molecule has 0 aliphatic carbocycles. The van der Waals surface area contributed by atoms with E-state index in [4.69, 9.17) is 9.97 Å². The fraction of sp³-hybridized carbons (Fsp3) is 0.346. The average Bonchev–Trinajstić information content (AvgIpc) is 2.82. The smallest absolute Gasteiger partial charge is 0.251 e. The Morgan fingerprint density at radius 2 is 1.78 bits per heavy atom. The van der Waals surface area contributed by atoms with Crippen molar-refractivity contribution in [1.82, 2.24) is 15.3 Å². The summed E-state index contributed by atoms with van der Waals surface area (Å²) in [6.45, 7) is 7.95. The van der Waals surface area contributed by atoms with Gasteiger partial charge in [0.2, 0.25) is 0 Å². The van der Waals surface area contributed by atoms with Crippen LogP contribution in [-0.4, -0.2) is 36.0 Å². The maximum absolute atomic E-state index is 12.2. The lowest BCUT2D eigenvalue weighted by molar-refractivity contribution is 0.0949. The van der Waals surface area contributed by atoms with Gasteiger partial charge in [-0.05, 0) is 30.0 Å². The molecule has 0 spiro atoms. The van der Waals surface area contributed by atoms with E-state index in [1.165, 1.54) is 0 Å². The summed E-state index contributed by atoms with van der Waals surface area (Å²) in [6, 6.07) is 20.0. The van der Waals surface area contributed by atoms with Gasteiger partial charge in [-0.3, -0.25) is 4.79 Å². The molecule has 0 unspecified atom stereocenters. The Morgan fingerprint density at radius 1 is 1.06 bits per heavy atom. The highest BCUT2D eigenvalue weighted by molar-refractivity contribution is 7.98. The van der Waals surface area contributed by atoms with Crippen molar-refractivity contribution in [2.75, 3.05) is 25.0 Å². The second-order valence-corrected chi connectivity index (χ2v) is 9.21. The number of carbonyl (C=O) groups is 1. The van der Waals surface area contributed by atoms with Gasteiger partial charge in [-0.2, -0.15) is 0 Å². The normalized spacial score (nSPS) is 10.9. The van der Waals surface area contributed by atoms with Crippen molar-refractivity contribution in [1.29, 1.82) is 0 Å². The molecule has 1 heterocycles. The largest absolute Gasteiger partial charge is 0.360 e. The van der Waals surface area contributed by atoms with Crippen molar-refractivity contribution < 1.29 is 4.79 Å². The van der Waals surface area contributed by atoms with E-state index in [0.29, 0.717) is 18.0 Å². The van der Waals surface area contributed by atoms with E-state index in [0.717, 1.165) is 46.5 Å². The Balaban J connectivity index is 1.73. The number of benzene rings is 2.